The molecule has 14 heavy (non-hydrogen) atoms. The SMILES string of the molecule is NCCc1cn(C2CC(CO)C2)nn1. The number of aromatic nitrogens is 3. The van der Waals surface area contributed by atoms with Crippen LogP contribution in [0.4, 0.5) is 0 Å². The van der Waals surface area contributed by atoms with Crippen molar-refractivity contribution in [2.45, 2.75) is 25.3 Å². The summed E-state index contributed by atoms with van der Waals surface area (Å²) in [6, 6.07) is 0.436. The molecular formula is C9H16N4O. The molecule has 1 saturated carbocycles. The molecular weight excluding hydrogens is 180 g/mol. The Labute approximate surface area is 82.9 Å². The third-order valence-corrected chi connectivity index (χ3v) is 2.80. The van der Waals surface area contributed by atoms with Gasteiger partial charge in [0.25, 0.3) is 0 Å². The lowest BCUT2D eigenvalue weighted by molar-refractivity contribution is 0.104. The first-order chi connectivity index (χ1) is 6.83. The van der Waals surface area contributed by atoms with Gasteiger partial charge < -0.3 is 10.8 Å². The van der Waals surface area contributed by atoms with Gasteiger partial charge in [0.2, 0.25) is 0 Å². The Hall–Kier alpha value is -0.940. The topological polar surface area (TPSA) is 77.0 Å². The van der Waals surface area contributed by atoms with Crippen LogP contribution in [0.2, 0.25) is 0 Å². The molecule has 0 spiro atoms. The van der Waals surface area contributed by atoms with Crippen molar-refractivity contribution < 1.29 is 5.11 Å². The summed E-state index contributed by atoms with van der Waals surface area (Å²) in [7, 11) is 0. The first kappa shape index (κ1) is 9.61. The summed E-state index contributed by atoms with van der Waals surface area (Å²) in [5.74, 6) is 0.460. The van der Waals surface area contributed by atoms with Gasteiger partial charge in [-0.15, -0.1) is 5.10 Å². The highest BCUT2D eigenvalue weighted by Crippen LogP contribution is 2.36. The van der Waals surface area contributed by atoms with Gasteiger partial charge in [-0.2, -0.15) is 0 Å². The maximum absolute atomic E-state index is 8.88. The molecule has 0 aliphatic heterocycles. The minimum atomic E-state index is 0.293. The van der Waals surface area contributed by atoms with Gasteiger partial charge in [-0.1, -0.05) is 5.21 Å². The van der Waals surface area contributed by atoms with Crippen molar-refractivity contribution in [3.05, 3.63) is 11.9 Å². The number of nitrogens with two attached hydrogens (primary N) is 1. The third kappa shape index (κ3) is 1.78. The Kier molecular flexibility index (Phi) is 2.79. The Morgan fingerprint density at radius 3 is 3.00 bits per heavy atom. The zero-order valence-corrected chi connectivity index (χ0v) is 8.13. The quantitative estimate of drug-likeness (QED) is 0.694. The molecule has 0 radical (unpaired) electrons. The van der Waals surface area contributed by atoms with Gasteiger partial charge in [0.1, 0.15) is 0 Å². The predicted octanol–water partition coefficient (Wildman–Crippen LogP) is -0.277. The van der Waals surface area contributed by atoms with Gasteiger partial charge in [0, 0.05) is 19.2 Å². The summed E-state index contributed by atoms with van der Waals surface area (Å²) in [4.78, 5) is 0. The van der Waals surface area contributed by atoms with Gasteiger partial charge in [-0.25, -0.2) is 4.68 Å². The van der Waals surface area contributed by atoms with Gasteiger partial charge in [0.15, 0.2) is 0 Å². The molecule has 1 aromatic rings. The van der Waals surface area contributed by atoms with Crippen molar-refractivity contribution in [3.8, 4) is 0 Å². The van der Waals surface area contributed by atoms with E-state index in [4.69, 9.17) is 10.8 Å². The maximum Gasteiger partial charge on any atom is 0.0839 e. The monoisotopic (exact) mass is 196 g/mol. The zero-order chi connectivity index (χ0) is 9.97. The molecule has 1 aromatic heterocycles. The van der Waals surface area contributed by atoms with E-state index in [1.807, 2.05) is 10.9 Å². The van der Waals surface area contributed by atoms with Crippen LogP contribution in [0.1, 0.15) is 24.6 Å². The van der Waals surface area contributed by atoms with Crippen LogP contribution in [0.5, 0.6) is 0 Å². The van der Waals surface area contributed by atoms with E-state index < -0.39 is 0 Å². The van der Waals surface area contributed by atoms with E-state index in [1.165, 1.54) is 0 Å². The first-order valence-corrected chi connectivity index (χ1v) is 5.05. The average Bonchev–Trinajstić information content (AvgIpc) is 2.52. The normalized spacial score (nSPS) is 26.1. The molecule has 0 bridgehead atoms. The summed E-state index contributed by atoms with van der Waals surface area (Å²) in [6.07, 6.45) is 4.78. The van der Waals surface area contributed by atoms with Crippen LogP contribution in [-0.2, 0) is 6.42 Å². The highest BCUT2D eigenvalue weighted by Gasteiger charge is 2.30. The summed E-state index contributed by atoms with van der Waals surface area (Å²) in [5, 5.41) is 17.0. The van der Waals surface area contributed by atoms with Crippen LogP contribution < -0.4 is 5.73 Å². The molecule has 78 valence electrons. The lowest BCUT2D eigenvalue weighted by atomic mass is 9.81. The number of aliphatic hydroxyl groups excluding tert-OH is 1. The van der Waals surface area contributed by atoms with Crippen molar-refractivity contribution in [1.82, 2.24) is 15.0 Å². The molecule has 0 unspecified atom stereocenters. The molecule has 5 heteroatoms. The van der Waals surface area contributed by atoms with Crippen molar-refractivity contribution in [1.29, 1.82) is 0 Å². The van der Waals surface area contributed by atoms with Gasteiger partial charge >= 0.3 is 0 Å². The van der Waals surface area contributed by atoms with Crippen LogP contribution in [0.15, 0.2) is 6.20 Å². The van der Waals surface area contributed by atoms with Gasteiger partial charge in [-0.05, 0) is 25.3 Å². The lowest BCUT2D eigenvalue weighted by Gasteiger charge is -2.33. The second-order valence-corrected chi connectivity index (χ2v) is 3.90. The molecule has 0 aromatic carbocycles. The molecule has 1 fully saturated rings. The van der Waals surface area contributed by atoms with Crippen molar-refractivity contribution in [2.75, 3.05) is 13.2 Å². The standard InChI is InChI=1S/C9H16N4O/c10-2-1-8-5-13(12-11-8)9-3-7(4-9)6-14/h5,7,9,14H,1-4,6,10H2. The van der Waals surface area contributed by atoms with Gasteiger partial charge in [-0.3, -0.25) is 0 Å². The Bertz CT molecular complexity index is 293. The fourth-order valence-corrected chi connectivity index (χ4v) is 1.82. The molecule has 0 amide bonds. The van der Waals surface area contributed by atoms with Crippen LogP contribution in [0.25, 0.3) is 0 Å². The second-order valence-electron chi connectivity index (χ2n) is 3.90. The van der Waals surface area contributed by atoms with E-state index in [0.717, 1.165) is 25.0 Å². The van der Waals surface area contributed by atoms with Crippen LogP contribution in [-0.4, -0.2) is 33.3 Å². The fourth-order valence-electron chi connectivity index (χ4n) is 1.82. The molecule has 5 nitrogen and oxygen atoms in total. The number of rotatable bonds is 4. The van der Waals surface area contributed by atoms with Crippen molar-refractivity contribution in [2.24, 2.45) is 11.7 Å². The number of hydrogen-bond acceptors (Lipinski definition) is 4. The van der Waals surface area contributed by atoms with E-state index in [0.29, 0.717) is 25.1 Å². The Morgan fingerprint density at radius 2 is 2.36 bits per heavy atom. The third-order valence-electron chi connectivity index (χ3n) is 2.80. The summed E-state index contributed by atoms with van der Waals surface area (Å²) < 4.78 is 1.90. The highest BCUT2D eigenvalue weighted by molar-refractivity contribution is 4.96. The summed E-state index contributed by atoms with van der Waals surface area (Å²) in [5.41, 5.74) is 6.38. The van der Waals surface area contributed by atoms with E-state index in [2.05, 4.69) is 10.3 Å². The largest absolute Gasteiger partial charge is 0.396 e. The van der Waals surface area contributed by atoms with E-state index >= 15 is 0 Å². The number of hydrogen-bond donors (Lipinski definition) is 2. The highest BCUT2D eigenvalue weighted by atomic mass is 16.3. The molecule has 0 saturated heterocycles. The molecule has 1 aliphatic rings. The van der Waals surface area contributed by atoms with Gasteiger partial charge in [0.05, 0.1) is 11.7 Å². The molecule has 0 atom stereocenters. The second kappa shape index (κ2) is 4.06. The number of aliphatic hydroxyl groups is 1. The van der Waals surface area contributed by atoms with Crippen molar-refractivity contribution >= 4 is 0 Å². The van der Waals surface area contributed by atoms with E-state index in [-0.39, 0.29) is 0 Å². The number of nitrogens with zero attached hydrogens (tertiary/aromatic N) is 3. The first-order valence-electron chi connectivity index (χ1n) is 5.05. The summed E-state index contributed by atoms with van der Waals surface area (Å²) in [6.45, 7) is 0.906. The fraction of sp³-hybridized carbons (Fsp3) is 0.778. The predicted molar refractivity (Wildman–Crippen MR) is 51.6 cm³/mol. The van der Waals surface area contributed by atoms with Crippen molar-refractivity contribution in [3.63, 3.8) is 0 Å². The van der Waals surface area contributed by atoms with Crippen LogP contribution in [0, 0.1) is 5.92 Å². The Balaban J connectivity index is 1.91. The minimum Gasteiger partial charge on any atom is -0.396 e. The Morgan fingerprint density at radius 1 is 1.57 bits per heavy atom. The average molecular weight is 196 g/mol. The van der Waals surface area contributed by atoms with E-state index in [1.54, 1.807) is 0 Å². The molecule has 3 N–H and O–H groups in total. The zero-order valence-electron chi connectivity index (χ0n) is 8.13. The van der Waals surface area contributed by atoms with Crippen LogP contribution in [0.3, 0.4) is 0 Å². The smallest absolute Gasteiger partial charge is 0.0839 e. The molecule has 1 heterocycles. The van der Waals surface area contributed by atoms with E-state index in [9.17, 15) is 0 Å². The minimum absolute atomic E-state index is 0.293. The maximum atomic E-state index is 8.88. The molecule has 2 rings (SSSR count). The van der Waals surface area contributed by atoms with Crippen LogP contribution >= 0.6 is 0 Å². The summed E-state index contributed by atoms with van der Waals surface area (Å²) >= 11 is 0. The molecule has 1 aliphatic carbocycles. The lowest BCUT2D eigenvalue weighted by Crippen LogP contribution is -2.29.